The second-order valence-electron chi connectivity index (χ2n) is 13.7. The molecule has 2 aromatic heterocycles. The lowest BCUT2D eigenvalue weighted by molar-refractivity contribution is 0.403. The number of aliphatic imine (C=N–C) groups is 3. The number of benzene rings is 3. The quantitative estimate of drug-likeness (QED) is 0.0745. The number of hydrogen-bond acceptors (Lipinski definition) is 8. The predicted molar refractivity (Wildman–Crippen MR) is 217 cm³/mol. The minimum absolute atomic E-state index is 0.680. The van der Waals surface area contributed by atoms with Gasteiger partial charge in [-0.3, -0.25) is 15.0 Å². The maximum atomic E-state index is 5.17. The molecule has 9 nitrogen and oxygen atoms in total. The Kier molecular flexibility index (Phi) is 13.9. The zero-order chi connectivity index (χ0) is 36.0. The monoisotopic (exact) mass is 683 g/mol. The number of fused-ring (bicyclic) bond motifs is 1. The molecule has 0 amide bonds. The van der Waals surface area contributed by atoms with Crippen molar-refractivity contribution in [3.05, 3.63) is 102 Å². The number of rotatable bonds is 18. The van der Waals surface area contributed by atoms with Crippen molar-refractivity contribution in [1.29, 1.82) is 0 Å². The molecular weight excluding hydrogens is 631 g/mol. The molecule has 3 aromatic carbocycles. The van der Waals surface area contributed by atoms with Gasteiger partial charge in [0.15, 0.2) is 5.82 Å². The first kappa shape index (κ1) is 37.4. The summed E-state index contributed by atoms with van der Waals surface area (Å²) in [5.74, 6) is 0.680. The number of hydrogen-bond donors (Lipinski definition) is 0. The molecule has 0 saturated heterocycles. The van der Waals surface area contributed by atoms with Gasteiger partial charge in [-0.2, -0.15) is 0 Å². The molecule has 0 aliphatic carbocycles. The van der Waals surface area contributed by atoms with Crippen LogP contribution in [0.3, 0.4) is 0 Å². The van der Waals surface area contributed by atoms with Crippen LogP contribution in [0.4, 0.5) is 0 Å². The third kappa shape index (κ3) is 11.3. The zero-order valence-electron chi connectivity index (χ0n) is 31.2. The lowest BCUT2D eigenvalue weighted by Gasteiger charge is -2.11. The summed E-state index contributed by atoms with van der Waals surface area (Å²) < 4.78 is 2.14. The third-order valence-corrected chi connectivity index (χ3v) is 8.47. The van der Waals surface area contributed by atoms with E-state index < -0.39 is 0 Å². The van der Waals surface area contributed by atoms with E-state index in [1.807, 2.05) is 18.6 Å². The normalized spacial score (nSPS) is 12.3. The average Bonchev–Trinajstić information content (AvgIpc) is 3.55. The van der Waals surface area contributed by atoms with Crippen LogP contribution in [0.1, 0.15) is 36.0 Å². The molecule has 2 heterocycles. The highest BCUT2D eigenvalue weighted by Crippen LogP contribution is 2.31. The fourth-order valence-electron chi connectivity index (χ4n) is 5.68. The molecule has 0 fully saturated rings. The van der Waals surface area contributed by atoms with Crippen molar-refractivity contribution in [3.63, 3.8) is 0 Å². The summed E-state index contributed by atoms with van der Waals surface area (Å²) in [6.07, 6.45) is 11.1. The Morgan fingerprint density at radius 1 is 0.529 bits per heavy atom. The minimum atomic E-state index is 0.680. The van der Waals surface area contributed by atoms with Gasteiger partial charge in [-0.25, -0.2) is 9.97 Å². The van der Waals surface area contributed by atoms with Crippen LogP contribution >= 0.6 is 0 Å². The van der Waals surface area contributed by atoms with E-state index in [-0.39, 0.29) is 0 Å². The van der Waals surface area contributed by atoms with Gasteiger partial charge in [-0.15, -0.1) is 0 Å². The Bertz CT molecular complexity index is 1880. The lowest BCUT2D eigenvalue weighted by Crippen LogP contribution is -2.13. The minimum Gasteiger partial charge on any atom is -0.309 e. The summed E-state index contributed by atoms with van der Waals surface area (Å²) in [4.78, 5) is 30.7. The van der Waals surface area contributed by atoms with Crippen LogP contribution in [-0.2, 0) is 0 Å². The van der Waals surface area contributed by atoms with Crippen LogP contribution in [0.2, 0.25) is 0 Å². The Morgan fingerprint density at radius 2 is 0.961 bits per heavy atom. The molecule has 0 bridgehead atoms. The topological polar surface area (TPSA) is 77.5 Å². The summed E-state index contributed by atoms with van der Waals surface area (Å²) in [6.45, 7) is 5.54. The Hall–Kier alpha value is -4.83. The van der Waals surface area contributed by atoms with Crippen LogP contribution in [0.25, 0.3) is 39.4 Å². The molecule has 9 heteroatoms. The molecule has 0 atom stereocenters. The summed E-state index contributed by atoms with van der Waals surface area (Å²) in [6, 6.07) is 27.4. The van der Waals surface area contributed by atoms with Crippen LogP contribution in [0, 0.1) is 0 Å². The first-order valence-electron chi connectivity index (χ1n) is 17.9. The van der Waals surface area contributed by atoms with E-state index >= 15 is 0 Å². The molecule has 0 aliphatic heterocycles. The molecule has 0 spiro atoms. The van der Waals surface area contributed by atoms with Crippen molar-refractivity contribution in [1.82, 2.24) is 29.2 Å². The molecule has 0 unspecified atom stereocenters. The van der Waals surface area contributed by atoms with Gasteiger partial charge in [-0.05, 0) is 116 Å². The van der Waals surface area contributed by atoms with Crippen molar-refractivity contribution in [2.24, 2.45) is 15.0 Å². The van der Waals surface area contributed by atoms with E-state index in [2.05, 4.69) is 162 Å². The largest absolute Gasteiger partial charge is 0.309 e. The number of aromatic nitrogens is 3. The van der Waals surface area contributed by atoms with Gasteiger partial charge in [0.2, 0.25) is 0 Å². The first-order valence-corrected chi connectivity index (χ1v) is 17.9. The fourth-order valence-corrected chi connectivity index (χ4v) is 5.68. The van der Waals surface area contributed by atoms with Crippen molar-refractivity contribution >= 4 is 29.7 Å². The van der Waals surface area contributed by atoms with Crippen molar-refractivity contribution in [2.75, 3.05) is 81.6 Å². The van der Waals surface area contributed by atoms with Gasteiger partial charge in [0.25, 0.3) is 0 Å². The van der Waals surface area contributed by atoms with E-state index in [1.165, 1.54) is 0 Å². The third-order valence-electron chi connectivity index (χ3n) is 8.47. The summed E-state index contributed by atoms with van der Waals surface area (Å²) in [7, 11) is 12.5. The van der Waals surface area contributed by atoms with Gasteiger partial charge in [0, 0.05) is 66.7 Å². The van der Waals surface area contributed by atoms with Gasteiger partial charge >= 0.3 is 0 Å². The molecule has 0 saturated carbocycles. The summed E-state index contributed by atoms with van der Waals surface area (Å²) >= 11 is 0. The van der Waals surface area contributed by atoms with E-state index in [0.29, 0.717) is 5.82 Å². The van der Waals surface area contributed by atoms with Crippen molar-refractivity contribution < 1.29 is 0 Å². The Morgan fingerprint density at radius 3 is 1.41 bits per heavy atom. The van der Waals surface area contributed by atoms with E-state index in [1.54, 1.807) is 0 Å². The zero-order valence-corrected chi connectivity index (χ0v) is 31.2. The van der Waals surface area contributed by atoms with E-state index in [0.717, 1.165) is 109 Å². The van der Waals surface area contributed by atoms with Gasteiger partial charge in [0.1, 0.15) is 5.65 Å². The highest BCUT2D eigenvalue weighted by Gasteiger charge is 2.16. The molecule has 5 aromatic rings. The highest BCUT2D eigenvalue weighted by molar-refractivity contribution is 5.94. The van der Waals surface area contributed by atoms with Crippen LogP contribution in [-0.4, -0.2) is 129 Å². The highest BCUT2D eigenvalue weighted by atomic mass is 15.1. The standard InChI is InChI=1S/C42H53N9/c1-48(2)26-7-23-43-30-33-10-16-36(17-11-33)40-39-22-29-51(38-20-14-35(15-21-38)32-45-25-9-28-50(5)6)42(39)47-41(46-40)37-18-12-34(13-19-37)31-44-24-8-27-49(3)4/h10-22,29-32H,7-9,23-28H2,1-6H3/b43-30-,44-31+,45-32+. The van der Waals surface area contributed by atoms with Gasteiger partial charge < -0.3 is 19.3 Å². The van der Waals surface area contributed by atoms with Gasteiger partial charge in [0.05, 0.1) is 5.69 Å². The average molecular weight is 684 g/mol. The second-order valence-corrected chi connectivity index (χ2v) is 13.7. The summed E-state index contributed by atoms with van der Waals surface area (Å²) in [5, 5.41) is 0.997. The maximum Gasteiger partial charge on any atom is 0.162 e. The molecule has 266 valence electrons. The second kappa shape index (κ2) is 19.0. The molecule has 5 rings (SSSR count). The van der Waals surface area contributed by atoms with Crippen LogP contribution in [0.15, 0.2) is 100 Å². The lowest BCUT2D eigenvalue weighted by atomic mass is 10.1. The molecule has 0 N–H and O–H groups in total. The molecular formula is C42H53N9. The first-order chi connectivity index (χ1) is 24.8. The molecule has 0 aliphatic rings. The predicted octanol–water partition coefficient (Wildman–Crippen LogP) is 6.87. The van der Waals surface area contributed by atoms with E-state index in [4.69, 9.17) is 9.97 Å². The SMILES string of the molecule is CN(C)CCC/N=C\c1ccc(-c2nc(-c3ccc(/C=N/CCCN(C)C)cc3)nc3c2ccn3-c2ccc(/C=N/CCCN(C)C)cc2)cc1. The van der Waals surface area contributed by atoms with E-state index in [9.17, 15) is 0 Å². The Balaban J connectivity index is 1.43. The Labute approximate surface area is 304 Å². The van der Waals surface area contributed by atoms with Gasteiger partial charge in [-0.1, -0.05) is 60.7 Å². The fraction of sp³-hybridized carbons (Fsp3) is 0.357. The van der Waals surface area contributed by atoms with Crippen LogP contribution < -0.4 is 0 Å². The van der Waals surface area contributed by atoms with Crippen molar-refractivity contribution in [2.45, 2.75) is 19.3 Å². The maximum absolute atomic E-state index is 5.17. The molecule has 51 heavy (non-hydrogen) atoms. The number of nitrogens with zero attached hydrogens (tertiary/aromatic N) is 9. The summed E-state index contributed by atoms with van der Waals surface area (Å²) in [5.41, 5.74) is 8.01. The van der Waals surface area contributed by atoms with Crippen LogP contribution in [0.5, 0.6) is 0 Å². The van der Waals surface area contributed by atoms with Crippen molar-refractivity contribution in [3.8, 4) is 28.3 Å². The smallest absolute Gasteiger partial charge is 0.162 e. The molecule has 0 radical (unpaired) electrons.